The number of aromatic nitrogens is 4. The SMILES string of the molecule is CCC(=O)N(c1ncc[nH]1)C(O)(Cc1c[nH]cn1)C(=O)O. The topological polar surface area (TPSA) is 135 Å². The summed E-state index contributed by atoms with van der Waals surface area (Å²) in [4.78, 5) is 37.5. The van der Waals surface area contributed by atoms with E-state index >= 15 is 0 Å². The summed E-state index contributed by atoms with van der Waals surface area (Å²) in [5.74, 6) is -2.18. The Labute approximate surface area is 119 Å². The van der Waals surface area contributed by atoms with Crippen LogP contribution < -0.4 is 4.90 Å². The number of aliphatic hydroxyl groups is 1. The molecule has 0 aromatic carbocycles. The van der Waals surface area contributed by atoms with E-state index in [2.05, 4.69) is 19.9 Å². The summed E-state index contributed by atoms with van der Waals surface area (Å²) in [5.41, 5.74) is -2.18. The molecular weight excluding hydrogens is 278 g/mol. The average molecular weight is 293 g/mol. The molecule has 9 nitrogen and oxygen atoms in total. The Bertz CT molecular complexity index is 610. The van der Waals surface area contributed by atoms with Crippen LogP contribution in [0.4, 0.5) is 5.95 Å². The Hall–Kier alpha value is -2.68. The molecule has 112 valence electrons. The van der Waals surface area contributed by atoms with E-state index in [1.54, 1.807) is 6.92 Å². The third-order valence-corrected chi connectivity index (χ3v) is 2.94. The van der Waals surface area contributed by atoms with Crippen LogP contribution in [0.1, 0.15) is 19.0 Å². The molecule has 0 bridgehead atoms. The number of hydrogen-bond acceptors (Lipinski definition) is 5. The number of carbonyl (C=O) groups is 2. The first-order valence-corrected chi connectivity index (χ1v) is 6.25. The fraction of sp³-hybridized carbons (Fsp3) is 0.333. The number of aliphatic carboxylic acids is 1. The van der Waals surface area contributed by atoms with Gasteiger partial charge in [0.05, 0.1) is 18.4 Å². The quantitative estimate of drug-likeness (QED) is 0.549. The number of aromatic amines is 2. The number of amides is 1. The lowest BCUT2D eigenvalue weighted by Gasteiger charge is -2.33. The first-order valence-electron chi connectivity index (χ1n) is 6.25. The fourth-order valence-electron chi connectivity index (χ4n) is 1.93. The van der Waals surface area contributed by atoms with E-state index in [9.17, 15) is 19.8 Å². The molecule has 0 saturated carbocycles. The van der Waals surface area contributed by atoms with E-state index in [0.29, 0.717) is 5.69 Å². The van der Waals surface area contributed by atoms with Crippen molar-refractivity contribution in [2.24, 2.45) is 0 Å². The van der Waals surface area contributed by atoms with Gasteiger partial charge in [0.25, 0.3) is 5.72 Å². The number of carboxylic acid groups (broad SMARTS) is 1. The molecule has 0 radical (unpaired) electrons. The lowest BCUT2D eigenvalue weighted by molar-refractivity contribution is -0.160. The zero-order chi connectivity index (χ0) is 15.5. The third kappa shape index (κ3) is 2.77. The number of rotatable bonds is 6. The molecule has 0 aliphatic carbocycles. The van der Waals surface area contributed by atoms with Crippen molar-refractivity contribution in [1.29, 1.82) is 0 Å². The van der Waals surface area contributed by atoms with Crippen molar-refractivity contribution < 1.29 is 19.8 Å². The first kappa shape index (κ1) is 14.7. The molecule has 2 rings (SSSR count). The lowest BCUT2D eigenvalue weighted by atomic mass is 10.1. The highest BCUT2D eigenvalue weighted by Gasteiger charge is 2.47. The highest BCUT2D eigenvalue weighted by Crippen LogP contribution is 2.24. The van der Waals surface area contributed by atoms with Crippen LogP contribution in [0.3, 0.4) is 0 Å². The van der Waals surface area contributed by atoms with Crippen molar-refractivity contribution in [3.8, 4) is 0 Å². The summed E-state index contributed by atoms with van der Waals surface area (Å²) in [6.07, 6.45) is 5.24. The number of carbonyl (C=O) groups excluding carboxylic acids is 1. The van der Waals surface area contributed by atoms with Gasteiger partial charge in [-0.1, -0.05) is 6.92 Å². The number of H-pyrrole nitrogens is 2. The van der Waals surface area contributed by atoms with Gasteiger partial charge in [0, 0.05) is 25.0 Å². The summed E-state index contributed by atoms with van der Waals surface area (Å²) < 4.78 is 0. The molecule has 0 fully saturated rings. The number of hydrogen-bond donors (Lipinski definition) is 4. The summed E-state index contributed by atoms with van der Waals surface area (Å²) in [7, 11) is 0. The maximum Gasteiger partial charge on any atom is 0.358 e. The van der Waals surface area contributed by atoms with Gasteiger partial charge in [-0.15, -0.1) is 0 Å². The van der Waals surface area contributed by atoms with Gasteiger partial charge < -0.3 is 20.2 Å². The van der Waals surface area contributed by atoms with Crippen LogP contribution in [-0.2, 0) is 16.0 Å². The van der Waals surface area contributed by atoms with Gasteiger partial charge in [0.15, 0.2) is 0 Å². The Morgan fingerprint density at radius 3 is 2.67 bits per heavy atom. The first-order chi connectivity index (χ1) is 9.99. The van der Waals surface area contributed by atoms with E-state index < -0.39 is 17.6 Å². The maximum atomic E-state index is 12.1. The molecule has 4 N–H and O–H groups in total. The molecule has 1 atom stereocenters. The average Bonchev–Trinajstić information content (AvgIpc) is 3.12. The van der Waals surface area contributed by atoms with Crippen LogP contribution >= 0.6 is 0 Å². The van der Waals surface area contributed by atoms with Crippen LogP contribution in [0.5, 0.6) is 0 Å². The Morgan fingerprint density at radius 1 is 1.43 bits per heavy atom. The predicted molar refractivity (Wildman–Crippen MR) is 71.2 cm³/mol. The van der Waals surface area contributed by atoms with Crippen molar-refractivity contribution in [2.45, 2.75) is 25.5 Å². The summed E-state index contributed by atoms with van der Waals surface area (Å²) in [5, 5.41) is 20.0. The lowest BCUT2D eigenvalue weighted by Crippen LogP contribution is -2.59. The molecular formula is C12H15N5O4. The van der Waals surface area contributed by atoms with Gasteiger partial charge in [-0.05, 0) is 0 Å². The largest absolute Gasteiger partial charge is 0.478 e. The minimum Gasteiger partial charge on any atom is -0.478 e. The summed E-state index contributed by atoms with van der Waals surface area (Å²) in [6.45, 7) is 1.56. The van der Waals surface area contributed by atoms with E-state index in [0.717, 1.165) is 4.90 Å². The molecule has 21 heavy (non-hydrogen) atoms. The van der Waals surface area contributed by atoms with Crippen molar-refractivity contribution in [3.63, 3.8) is 0 Å². The molecule has 2 heterocycles. The zero-order valence-electron chi connectivity index (χ0n) is 11.3. The van der Waals surface area contributed by atoms with Gasteiger partial charge in [0.1, 0.15) is 0 Å². The molecule has 0 aliphatic heterocycles. The van der Waals surface area contributed by atoms with Crippen LogP contribution in [0.25, 0.3) is 0 Å². The van der Waals surface area contributed by atoms with Crippen LogP contribution in [0, 0.1) is 0 Å². The van der Waals surface area contributed by atoms with E-state index in [1.807, 2.05) is 0 Å². The second kappa shape index (κ2) is 5.75. The van der Waals surface area contributed by atoms with Crippen molar-refractivity contribution >= 4 is 17.8 Å². The standard InChI is InChI=1S/C12H15N5O4/c1-2-9(18)17(11-14-3-4-15-11)12(21,10(19)20)5-8-6-13-7-16-8/h3-4,6-7,21H,2,5H2,1H3,(H,13,16)(H,14,15)(H,19,20). The molecule has 1 unspecified atom stereocenters. The number of nitrogens with zero attached hydrogens (tertiary/aromatic N) is 3. The van der Waals surface area contributed by atoms with Crippen molar-refractivity contribution in [2.75, 3.05) is 4.90 Å². The molecule has 1 amide bonds. The Balaban J connectivity index is 2.45. The van der Waals surface area contributed by atoms with Gasteiger partial charge in [-0.25, -0.2) is 19.7 Å². The summed E-state index contributed by atoms with van der Waals surface area (Å²) >= 11 is 0. The molecule has 2 aromatic heterocycles. The molecule has 0 saturated heterocycles. The molecule has 2 aromatic rings. The van der Waals surface area contributed by atoms with E-state index in [1.165, 1.54) is 24.9 Å². The van der Waals surface area contributed by atoms with Gasteiger partial charge in [-0.3, -0.25) is 4.79 Å². The monoisotopic (exact) mass is 293 g/mol. The molecule has 9 heteroatoms. The number of anilines is 1. The molecule has 0 spiro atoms. The number of imidazole rings is 2. The highest BCUT2D eigenvalue weighted by molar-refractivity contribution is 5.99. The van der Waals surface area contributed by atoms with Crippen LogP contribution in [0.2, 0.25) is 0 Å². The minimum atomic E-state index is -2.49. The Kier molecular flexibility index (Phi) is 4.03. The van der Waals surface area contributed by atoms with E-state index in [-0.39, 0.29) is 18.8 Å². The van der Waals surface area contributed by atoms with Gasteiger partial charge >= 0.3 is 5.97 Å². The third-order valence-electron chi connectivity index (χ3n) is 2.94. The van der Waals surface area contributed by atoms with E-state index in [4.69, 9.17) is 0 Å². The fourth-order valence-corrected chi connectivity index (χ4v) is 1.93. The second-order valence-corrected chi connectivity index (χ2v) is 4.35. The predicted octanol–water partition coefficient (Wildman–Crippen LogP) is -0.108. The number of nitrogens with one attached hydrogen (secondary N) is 2. The highest BCUT2D eigenvalue weighted by atomic mass is 16.4. The van der Waals surface area contributed by atoms with Crippen LogP contribution in [0.15, 0.2) is 24.9 Å². The van der Waals surface area contributed by atoms with Gasteiger partial charge in [-0.2, -0.15) is 0 Å². The molecule has 0 aliphatic rings. The smallest absolute Gasteiger partial charge is 0.358 e. The summed E-state index contributed by atoms with van der Waals surface area (Å²) in [6, 6.07) is 0. The zero-order valence-corrected chi connectivity index (χ0v) is 11.3. The number of carboxylic acids is 1. The maximum absolute atomic E-state index is 12.1. The second-order valence-electron chi connectivity index (χ2n) is 4.35. The van der Waals surface area contributed by atoms with Crippen LogP contribution in [-0.4, -0.2) is 47.8 Å². The normalized spacial score (nSPS) is 13.6. The van der Waals surface area contributed by atoms with Gasteiger partial charge in [0.2, 0.25) is 11.9 Å². The minimum absolute atomic E-state index is 0.0108. The Morgan fingerprint density at radius 2 is 2.19 bits per heavy atom. The van der Waals surface area contributed by atoms with Crippen molar-refractivity contribution in [3.05, 3.63) is 30.6 Å². The van der Waals surface area contributed by atoms with Crippen molar-refractivity contribution in [1.82, 2.24) is 19.9 Å².